The van der Waals surface area contributed by atoms with Crippen LogP contribution in [0.2, 0.25) is 0 Å². The van der Waals surface area contributed by atoms with Crippen molar-refractivity contribution in [3.8, 4) is 5.75 Å². The van der Waals surface area contributed by atoms with E-state index in [4.69, 9.17) is 0 Å². The molecule has 0 saturated heterocycles. The molecule has 3 N–H and O–H groups in total. The standard InChI is InChI=1S/C22H32O5S/c1-4-5-16(12-17-6-9-18(24)10-7-17)8-11-20(25)22-19(15(2)3)14-28(26,27)21(22)13-23/h6-7,9-10,12,15,20-21,23-25H,4-5,8,11,13-14H2,1-3H3/b16-12+/t20-,21+/m1/s1. The Bertz CT molecular complexity index is 819. The molecular weight excluding hydrogens is 376 g/mol. The van der Waals surface area contributed by atoms with Gasteiger partial charge in [0.2, 0.25) is 0 Å². The average molecular weight is 409 g/mol. The Hall–Kier alpha value is -1.63. The summed E-state index contributed by atoms with van der Waals surface area (Å²) in [4.78, 5) is 0. The van der Waals surface area contributed by atoms with Crippen molar-refractivity contribution in [2.75, 3.05) is 12.4 Å². The van der Waals surface area contributed by atoms with E-state index in [2.05, 4.69) is 13.0 Å². The van der Waals surface area contributed by atoms with Gasteiger partial charge in [-0.1, -0.05) is 51.0 Å². The zero-order chi connectivity index (χ0) is 20.9. The number of sulfone groups is 1. The molecule has 0 amide bonds. The normalized spacial score (nSPS) is 20.8. The van der Waals surface area contributed by atoms with Gasteiger partial charge in [0.05, 0.1) is 18.5 Å². The lowest BCUT2D eigenvalue weighted by Gasteiger charge is -2.20. The first-order valence-electron chi connectivity index (χ1n) is 9.91. The Balaban J connectivity index is 2.20. The number of aliphatic hydroxyl groups is 2. The highest BCUT2D eigenvalue weighted by atomic mass is 32.2. The third-order valence-electron chi connectivity index (χ3n) is 5.30. The monoisotopic (exact) mass is 408 g/mol. The van der Waals surface area contributed by atoms with E-state index in [1.165, 1.54) is 5.57 Å². The number of aliphatic hydroxyl groups excluding tert-OH is 2. The molecule has 0 fully saturated rings. The van der Waals surface area contributed by atoms with Crippen LogP contribution in [0.1, 0.15) is 52.0 Å². The van der Waals surface area contributed by atoms with Crippen molar-refractivity contribution in [2.45, 2.75) is 57.8 Å². The van der Waals surface area contributed by atoms with E-state index in [9.17, 15) is 23.7 Å². The van der Waals surface area contributed by atoms with Crippen LogP contribution < -0.4 is 0 Å². The summed E-state index contributed by atoms with van der Waals surface area (Å²) < 4.78 is 24.8. The Morgan fingerprint density at radius 2 is 1.86 bits per heavy atom. The third-order valence-corrected chi connectivity index (χ3v) is 7.29. The molecule has 5 nitrogen and oxygen atoms in total. The molecule has 1 aliphatic heterocycles. The number of hydrogen-bond acceptors (Lipinski definition) is 5. The molecule has 2 atom stereocenters. The molecule has 0 saturated carbocycles. The fraction of sp³-hybridized carbons (Fsp3) is 0.545. The number of benzene rings is 1. The van der Waals surface area contributed by atoms with Gasteiger partial charge >= 0.3 is 0 Å². The van der Waals surface area contributed by atoms with Crippen molar-refractivity contribution in [2.24, 2.45) is 5.92 Å². The predicted molar refractivity (Wildman–Crippen MR) is 113 cm³/mol. The number of rotatable bonds is 9. The molecule has 0 bridgehead atoms. The molecular formula is C22H32O5S. The third kappa shape index (κ3) is 5.46. The van der Waals surface area contributed by atoms with Crippen molar-refractivity contribution in [1.82, 2.24) is 0 Å². The summed E-state index contributed by atoms with van der Waals surface area (Å²) in [7, 11) is -3.45. The first kappa shape index (κ1) is 22.7. The van der Waals surface area contributed by atoms with Crippen molar-refractivity contribution in [3.63, 3.8) is 0 Å². The van der Waals surface area contributed by atoms with Gasteiger partial charge in [0.15, 0.2) is 9.84 Å². The summed E-state index contributed by atoms with van der Waals surface area (Å²) >= 11 is 0. The highest BCUT2D eigenvalue weighted by Gasteiger charge is 2.41. The fourth-order valence-electron chi connectivity index (χ4n) is 3.82. The number of hydrogen-bond donors (Lipinski definition) is 3. The molecule has 1 aromatic carbocycles. The Morgan fingerprint density at radius 3 is 2.39 bits per heavy atom. The second kappa shape index (κ2) is 9.72. The molecule has 1 aliphatic rings. The van der Waals surface area contributed by atoms with Crippen LogP contribution in [0.3, 0.4) is 0 Å². The van der Waals surface area contributed by atoms with Crippen molar-refractivity contribution in [1.29, 1.82) is 0 Å². The minimum atomic E-state index is -3.45. The second-order valence-electron chi connectivity index (χ2n) is 7.81. The van der Waals surface area contributed by atoms with Crippen LogP contribution in [-0.2, 0) is 9.84 Å². The van der Waals surface area contributed by atoms with Gasteiger partial charge in [-0.05, 0) is 54.0 Å². The molecule has 0 aliphatic carbocycles. The molecule has 0 unspecified atom stereocenters. The number of allylic oxidation sites excluding steroid dienone is 1. The van der Waals surface area contributed by atoms with E-state index in [1.54, 1.807) is 12.1 Å². The molecule has 6 heteroatoms. The quantitative estimate of drug-likeness (QED) is 0.544. The van der Waals surface area contributed by atoms with Gasteiger partial charge < -0.3 is 15.3 Å². The van der Waals surface area contributed by atoms with Crippen LogP contribution in [0.5, 0.6) is 5.75 Å². The van der Waals surface area contributed by atoms with E-state index >= 15 is 0 Å². The largest absolute Gasteiger partial charge is 0.508 e. The smallest absolute Gasteiger partial charge is 0.163 e. The van der Waals surface area contributed by atoms with Gasteiger partial charge in [0, 0.05) is 0 Å². The second-order valence-corrected chi connectivity index (χ2v) is 10.00. The summed E-state index contributed by atoms with van der Waals surface area (Å²) in [6.07, 6.45) is 4.08. The topological polar surface area (TPSA) is 94.8 Å². The molecule has 1 aromatic rings. The Kier molecular flexibility index (Phi) is 7.87. The first-order valence-corrected chi connectivity index (χ1v) is 11.6. The zero-order valence-electron chi connectivity index (χ0n) is 16.9. The molecule has 0 spiro atoms. The molecule has 2 rings (SSSR count). The number of phenolic OH excluding ortho intramolecular Hbond substituents is 1. The van der Waals surface area contributed by atoms with E-state index in [0.29, 0.717) is 18.4 Å². The number of aromatic hydroxyl groups is 1. The summed E-state index contributed by atoms with van der Waals surface area (Å²) in [6, 6.07) is 6.96. The number of phenols is 1. The highest BCUT2D eigenvalue weighted by Crippen LogP contribution is 2.35. The summed E-state index contributed by atoms with van der Waals surface area (Å²) in [5.74, 6) is 0.155. The maximum atomic E-state index is 12.4. The molecule has 0 radical (unpaired) electrons. The lowest BCUT2D eigenvalue weighted by Crippen LogP contribution is -2.29. The predicted octanol–water partition coefficient (Wildman–Crippen LogP) is 3.46. The maximum Gasteiger partial charge on any atom is 0.163 e. The van der Waals surface area contributed by atoms with E-state index in [-0.39, 0.29) is 17.4 Å². The van der Waals surface area contributed by atoms with Gasteiger partial charge in [0.25, 0.3) is 0 Å². The van der Waals surface area contributed by atoms with Crippen LogP contribution in [0.15, 0.2) is 41.0 Å². The van der Waals surface area contributed by atoms with Crippen molar-refractivity contribution in [3.05, 3.63) is 46.5 Å². The maximum absolute atomic E-state index is 12.4. The molecule has 1 heterocycles. The van der Waals surface area contributed by atoms with E-state index < -0.39 is 27.8 Å². The minimum Gasteiger partial charge on any atom is -0.508 e. The van der Waals surface area contributed by atoms with Gasteiger partial charge in [-0.3, -0.25) is 0 Å². The van der Waals surface area contributed by atoms with E-state index in [0.717, 1.165) is 24.0 Å². The van der Waals surface area contributed by atoms with Gasteiger partial charge in [-0.15, -0.1) is 0 Å². The van der Waals surface area contributed by atoms with Gasteiger partial charge in [-0.2, -0.15) is 0 Å². The van der Waals surface area contributed by atoms with Crippen molar-refractivity contribution < 1.29 is 23.7 Å². The first-order chi connectivity index (χ1) is 13.2. The Labute approximate surface area is 168 Å². The minimum absolute atomic E-state index is 0.0126. The van der Waals surface area contributed by atoms with Crippen LogP contribution in [-0.4, -0.2) is 47.5 Å². The molecule has 0 aromatic heterocycles. The Morgan fingerprint density at radius 1 is 1.21 bits per heavy atom. The summed E-state index contributed by atoms with van der Waals surface area (Å²) in [5.41, 5.74) is 3.39. The summed E-state index contributed by atoms with van der Waals surface area (Å²) in [6.45, 7) is 5.44. The van der Waals surface area contributed by atoms with Gasteiger partial charge in [0.1, 0.15) is 11.0 Å². The van der Waals surface area contributed by atoms with Crippen LogP contribution in [0.4, 0.5) is 0 Å². The van der Waals surface area contributed by atoms with Gasteiger partial charge in [-0.25, -0.2) is 8.42 Å². The lowest BCUT2D eigenvalue weighted by atomic mass is 9.90. The lowest BCUT2D eigenvalue weighted by molar-refractivity contribution is 0.187. The fourth-order valence-corrected chi connectivity index (χ4v) is 5.87. The SMILES string of the molecule is CCC/C(=C\c1ccc(O)cc1)CC[C@@H](O)C1=C(C(C)C)CS(=O)(=O)[C@H]1CO. The molecule has 156 valence electrons. The van der Waals surface area contributed by atoms with Crippen LogP contribution >= 0.6 is 0 Å². The van der Waals surface area contributed by atoms with Crippen LogP contribution in [0.25, 0.3) is 6.08 Å². The average Bonchev–Trinajstić information content (AvgIpc) is 2.92. The van der Waals surface area contributed by atoms with E-state index in [1.807, 2.05) is 26.0 Å². The van der Waals surface area contributed by atoms with Crippen LogP contribution in [0, 0.1) is 5.92 Å². The highest BCUT2D eigenvalue weighted by molar-refractivity contribution is 7.92. The summed E-state index contributed by atoms with van der Waals surface area (Å²) in [5, 5.41) is 28.9. The zero-order valence-corrected chi connectivity index (χ0v) is 17.7. The molecule has 28 heavy (non-hydrogen) atoms. The van der Waals surface area contributed by atoms with Crippen molar-refractivity contribution >= 4 is 15.9 Å².